The third-order valence-electron chi connectivity index (χ3n) is 2.22. The highest BCUT2D eigenvalue weighted by Gasteiger charge is 2.17. The smallest absolute Gasteiger partial charge is 0.0523 e. The van der Waals surface area contributed by atoms with Gasteiger partial charge in [0.1, 0.15) is 0 Å². The molecule has 0 bridgehead atoms. The zero-order valence-corrected chi connectivity index (χ0v) is 8.53. The number of fused-ring (bicyclic) bond motifs is 1. The molecule has 1 aliphatic rings. The van der Waals surface area contributed by atoms with Gasteiger partial charge in [0.05, 0.1) is 6.04 Å². The van der Waals surface area contributed by atoms with E-state index in [4.69, 9.17) is 0 Å². The van der Waals surface area contributed by atoms with E-state index >= 15 is 0 Å². The van der Waals surface area contributed by atoms with Crippen molar-refractivity contribution in [3.05, 3.63) is 21.4 Å². The average Bonchev–Trinajstić information content (AvgIpc) is 2.29. The third-order valence-corrected chi connectivity index (χ3v) is 3.29. The number of hydrogen-bond donors (Lipinski definition) is 0. The molecule has 0 aliphatic carbocycles. The minimum atomic E-state index is 0.482. The van der Waals surface area contributed by atoms with Crippen LogP contribution in [0, 0.1) is 6.92 Å². The van der Waals surface area contributed by atoms with Crippen molar-refractivity contribution in [1.29, 1.82) is 0 Å². The number of aliphatic imine (C=N–C) groups is 1. The highest BCUT2D eigenvalue weighted by atomic mass is 32.1. The fraction of sp³-hybridized carbons (Fsp3) is 0.500. The molecule has 0 fully saturated rings. The van der Waals surface area contributed by atoms with Gasteiger partial charge in [0.25, 0.3) is 0 Å². The summed E-state index contributed by atoms with van der Waals surface area (Å²) in [5.74, 6) is 0. The molecule has 1 atom stereocenters. The van der Waals surface area contributed by atoms with Crippen LogP contribution in [-0.4, -0.2) is 11.8 Å². The van der Waals surface area contributed by atoms with Crippen molar-refractivity contribution in [2.24, 2.45) is 4.99 Å². The summed E-state index contributed by atoms with van der Waals surface area (Å²) in [5.41, 5.74) is 2.60. The summed E-state index contributed by atoms with van der Waals surface area (Å²) in [4.78, 5) is 7.49. The third kappa shape index (κ3) is 1.20. The number of thiophene rings is 1. The van der Waals surface area contributed by atoms with Crippen LogP contribution < -0.4 is 0 Å². The van der Waals surface area contributed by atoms with Gasteiger partial charge in [-0.15, -0.1) is 11.3 Å². The summed E-state index contributed by atoms with van der Waals surface area (Å²) in [5, 5.41) is 0. The predicted molar refractivity (Wildman–Crippen MR) is 54.4 cm³/mol. The molecule has 0 radical (unpaired) electrons. The van der Waals surface area contributed by atoms with Gasteiger partial charge >= 0.3 is 0 Å². The van der Waals surface area contributed by atoms with E-state index < -0.39 is 0 Å². The van der Waals surface area contributed by atoms with Gasteiger partial charge in [-0.05, 0) is 26.8 Å². The first kappa shape index (κ1) is 7.99. The number of hydrogen-bond acceptors (Lipinski definition) is 2. The molecule has 0 saturated heterocycles. The lowest BCUT2D eigenvalue weighted by Crippen LogP contribution is -2.13. The topological polar surface area (TPSA) is 12.4 Å². The van der Waals surface area contributed by atoms with Crippen molar-refractivity contribution in [3.8, 4) is 0 Å². The maximum Gasteiger partial charge on any atom is 0.0523 e. The van der Waals surface area contributed by atoms with Gasteiger partial charge in [-0.1, -0.05) is 0 Å². The lowest BCUT2D eigenvalue weighted by molar-refractivity contribution is 0.736. The average molecular weight is 179 g/mol. The van der Waals surface area contributed by atoms with Gasteiger partial charge in [-0.25, -0.2) is 0 Å². The molecule has 0 saturated carbocycles. The monoisotopic (exact) mass is 179 g/mol. The van der Waals surface area contributed by atoms with E-state index in [9.17, 15) is 0 Å². The second-order valence-corrected chi connectivity index (χ2v) is 4.80. The fourth-order valence-electron chi connectivity index (χ4n) is 1.73. The highest BCUT2D eigenvalue weighted by Crippen LogP contribution is 2.27. The summed E-state index contributed by atoms with van der Waals surface area (Å²) in [6.07, 6.45) is 1.13. The predicted octanol–water partition coefficient (Wildman–Crippen LogP) is 2.81. The molecule has 2 heteroatoms. The molecule has 0 spiro atoms. The molecule has 1 aliphatic heterocycles. The van der Waals surface area contributed by atoms with Crippen molar-refractivity contribution in [3.63, 3.8) is 0 Å². The summed E-state index contributed by atoms with van der Waals surface area (Å²) >= 11 is 1.92. The van der Waals surface area contributed by atoms with Crippen molar-refractivity contribution < 1.29 is 0 Å². The first-order valence-electron chi connectivity index (χ1n) is 4.31. The Hall–Kier alpha value is -0.630. The Labute approximate surface area is 77.2 Å². The molecular formula is C10H13NS. The van der Waals surface area contributed by atoms with Gasteiger partial charge in [0, 0.05) is 27.5 Å². The highest BCUT2D eigenvalue weighted by molar-refractivity contribution is 7.12. The van der Waals surface area contributed by atoms with Gasteiger partial charge in [0.2, 0.25) is 0 Å². The fourth-order valence-corrected chi connectivity index (χ4v) is 2.94. The first-order valence-corrected chi connectivity index (χ1v) is 5.12. The maximum absolute atomic E-state index is 4.56. The van der Waals surface area contributed by atoms with E-state index in [2.05, 4.69) is 31.8 Å². The van der Waals surface area contributed by atoms with Crippen molar-refractivity contribution in [2.45, 2.75) is 33.2 Å². The lowest BCUT2D eigenvalue weighted by Gasteiger charge is -2.14. The Balaban J connectivity index is 2.51. The lowest BCUT2D eigenvalue weighted by atomic mass is 10.0. The molecule has 0 N–H and O–H groups in total. The van der Waals surface area contributed by atoms with Gasteiger partial charge < -0.3 is 0 Å². The van der Waals surface area contributed by atoms with Crippen LogP contribution in [0.4, 0.5) is 0 Å². The van der Waals surface area contributed by atoms with Crippen LogP contribution in [0.3, 0.4) is 0 Å². The molecule has 1 nitrogen and oxygen atoms in total. The Kier molecular flexibility index (Phi) is 1.80. The molecule has 0 amide bonds. The SMILES string of the molecule is CC1=NC(C)Cc2sc(C)cc21. The van der Waals surface area contributed by atoms with E-state index in [-0.39, 0.29) is 0 Å². The van der Waals surface area contributed by atoms with Gasteiger partial charge in [0.15, 0.2) is 0 Å². The normalized spacial score (nSPS) is 21.9. The quantitative estimate of drug-likeness (QED) is 0.580. The van der Waals surface area contributed by atoms with Crippen LogP contribution in [0.1, 0.15) is 29.2 Å². The van der Waals surface area contributed by atoms with Crippen LogP contribution >= 0.6 is 11.3 Å². The summed E-state index contributed by atoms with van der Waals surface area (Å²) < 4.78 is 0. The van der Waals surface area contributed by atoms with E-state index in [0.717, 1.165) is 6.42 Å². The van der Waals surface area contributed by atoms with Gasteiger partial charge in [-0.3, -0.25) is 4.99 Å². The molecule has 12 heavy (non-hydrogen) atoms. The van der Waals surface area contributed by atoms with Gasteiger partial charge in [-0.2, -0.15) is 0 Å². The molecule has 2 heterocycles. The Bertz CT molecular complexity index is 336. The Morgan fingerprint density at radius 2 is 2.25 bits per heavy atom. The molecule has 64 valence electrons. The van der Waals surface area contributed by atoms with E-state index in [1.54, 1.807) is 0 Å². The molecular weight excluding hydrogens is 166 g/mol. The number of nitrogens with zero attached hydrogens (tertiary/aromatic N) is 1. The standard InChI is InChI=1S/C10H13NS/c1-6-4-10-9(8(3)11-6)5-7(2)12-10/h5-6H,4H2,1-3H3. The Morgan fingerprint density at radius 3 is 3.00 bits per heavy atom. The first-order chi connectivity index (χ1) is 5.66. The molecule has 0 aromatic carbocycles. The van der Waals surface area contributed by atoms with Crippen molar-refractivity contribution >= 4 is 17.0 Å². The molecule has 1 aromatic rings. The number of aryl methyl sites for hydroxylation is 1. The van der Waals surface area contributed by atoms with Crippen molar-refractivity contribution in [1.82, 2.24) is 0 Å². The zero-order valence-electron chi connectivity index (χ0n) is 7.72. The van der Waals surface area contributed by atoms with E-state index in [0.29, 0.717) is 6.04 Å². The van der Waals surface area contributed by atoms with Crippen LogP contribution in [-0.2, 0) is 6.42 Å². The molecule has 2 rings (SSSR count). The maximum atomic E-state index is 4.56. The van der Waals surface area contributed by atoms with Crippen LogP contribution in [0.5, 0.6) is 0 Å². The second-order valence-electron chi connectivity index (χ2n) is 3.46. The molecule has 1 aromatic heterocycles. The second kappa shape index (κ2) is 2.70. The van der Waals surface area contributed by atoms with Crippen LogP contribution in [0.25, 0.3) is 0 Å². The van der Waals surface area contributed by atoms with Crippen molar-refractivity contribution in [2.75, 3.05) is 0 Å². The van der Waals surface area contributed by atoms with E-state index in [1.807, 2.05) is 11.3 Å². The van der Waals surface area contributed by atoms with E-state index in [1.165, 1.54) is 21.0 Å². The minimum absolute atomic E-state index is 0.482. The van der Waals surface area contributed by atoms with Crippen LogP contribution in [0.2, 0.25) is 0 Å². The molecule has 1 unspecified atom stereocenters. The Morgan fingerprint density at radius 1 is 1.50 bits per heavy atom. The minimum Gasteiger partial charge on any atom is -0.286 e. The largest absolute Gasteiger partial charge is 0.286 e. The van der Waals surface area contributed by atoms with Crippen LogP contribution in [0.15, 0.2) is 11.1 Å². The summed E-state index contributed by atoms with van der Waals surface area (Å²) in [7, 11) is 0. The number of rotatable bonds is 0. The zero-order chi connectivity index (χ0) is 8.72. The summed E-state index contributed by atoms with van der Waals surface area (Å²) in [6, 6.07) is 2.74. The summed E-state index contributed by atoms with van der Waals surface area (Å²) in [6.45, 7) is 6.46.